The molecule has 1 saturated carbocycles. The van der Waals surface area contributed by atoms with E-state index in [4.69, 9.17) is 4.74 Å². The molecule has 10 heteroatoms. The summed E-state index contributed by atoms with van der Waals surface area (Å²) < 4.78 is 32.1. The van der Waals surface area contributed by atoms with E-state index in [1.807, 2.05) is 0 Å². The number of amides is 2. The van der Waals surface area contributed by atoms with Crippen LogP contribution in [0.25, 0.3) is 0 Å². The van der Waals surface area contributed by atoms with Crippen LogP contribution >= 0.6 is 12.4 Å². The van der Waals surface area contributed by atoms with Crippen LogP contribution in [0.2, 0.25) is 0 Å². The summed E-state index contributed by atoms with van der Waals surface area (Å²) in [6, 6.07) is 1.48. The lowest BCUT2D eigenvalue weighted by Crippen LogP contribution is -2.52. The van der Waals surface area contributed by atoms with Crippen LogP contribution in [0, 0.1) is 34.8 Å². The molecule has 1 aromatic rings. The molecule has 4 rings (SSSR count). The monoisotopic (exact) mass is 471 g/mol. The number of piperidine rings is 1. The second-order valence-corrected chi connectivity index (χ2v) is 9.24. The Hall–Kier alpha value is -2.26. The molecule has 2 aliphatic heterocycles. The molecule has 1 aliphatic carbocycles. The number of fused-ring (bicyclic) bond motifs is 1. The zero-order valence-corrected chi connectivity index (χ0v) is 18.8. The molecule has 5 atom stereocenters. The molecule has 2 amide bonds. The smallest absolute Gasteiger partial charge is 0.238 e. The maximum absolute atomic E-state index is 13.8. The van der Waals surface area contributed by atoms with Gasteiger partial charge in [-0.15, -0.1) is 12.4 Å². The maximum Gasteiger partial charge on any atom is 0.238 e. The van der Waals surface area contributed by atoms with Crippen LogP contribution < -0.4 is 20.7 Å². The number of halogens is 3. The van der Waals surface area contributed by atoms with Gasteiger partial charge in [-0.25, -0.2) is 8.78 Å². The normalized spacial score (nSPS) is 28.2. The Bertz CT molecular complexity index is 913. The number of benzene rings is 1. The van der Waals surface area contributed by atoms with Gasteiger partial charge >= 0.3 is 0 Å². The van der Waals surface area contributed by atoms with E-state index in [9.17, 15) is 23.2 Å². The zero-order valence-electron chi connectivity index (χ0n) is 18.0. The van der Waals surface area contributed by atoms with Crippen molar-refractivity contribution in [3.63, 3.8) is 0 Å². The Morgan fingerprint density at radius 3 is 2.66 bits per heavy atom. The fourth-order valence-electron chi connectivity index (χ4n) is 5.00. The van der Waals surface area contributed by atoms with Gasteiger partial charge in [-0.2, -0.15) is 0 Å². The highest BCUT2D eigenvalue weighted by molar-refractivity contribution is 5.93. The molecule has 2 heterocycles. The molecule has 7 nitrogen and oxygen atoms in total. The minimum absolute atomic E-state index is 0. The van der Waals surface area contributed by atoms with Gasteiger partial charge in [0.15, 0.2) is 17.3 Å². The molecule has 32 heavy (non-hydrogen) atoms. The Morgan fingerprint density at radius 2 is 2.06 bits per heavy atom. The van der Waals surface area contributed by atoms with Gasteiger partial charge in [0.1, 0.15) is 12.4 Å². The fourth-order valence-corrected chi connectivity index (χ4v) is 5.00. The minimum Gasteiger partial charge on any atom is -0.483 e. The second kappa shape index (κ2) is 9.31. The summed E-state index contributed by atoms with van der Waals surface area (Å²) in [4.78, 5) is 37.8. The molecule has 0 radical (unpaired) electrons. The molecule has 176 valence electrons. The average Bonchev–Trinajstić information content (AvgIpc) is 3.10. The van der Waals surface area contributed by atoms with Crippen molar-refractivity contribution in [2.75, 3.05) is 19.7 Å². The topological polar surface area (TPSA) is 96.5 Å². The third-order valence-corrected chi connectivity index (χ3v) is 6.99. The van der Waals surface area contributed by atoms with E-state index in [-0.39, 0.29) is 53.8 Å². The van der Waals surface area contributed by atoms with E-state index < -0.39 is 36.0 Å². The third-order valence-electron chi connectivity index (χ3n) is 6.99. The van der Waals surface area contributed by atoms with Crippen LogP contribution in [0.4, 0.5) is 8.78 Å². The Labute approximate surface area is 191 Å². The molecule has 1 aromatic carbocycles. The number of ketones is 1. The maximum atomic E-state index is 13.8. The second-order valence-electron chi connectivity index (χ2n) is 9.24. The number of carbonyl (C=O) groups excluding carboxylic acids is 3. The van der Waals surface area contributed by atoms with Crippen LogP contribution in [0.5, 0.6) is 5.75 Å². The Kier molecular flexibility index (Phi) is 7.09. The number of rotatable bonds is 8. The van der Waals surface area contributed by atoms with Crippen molar-refractivity contribution in [2.45, 2.75) is 38.8 Å². The number of hydrogen-bond acceptors (Lipinski definition) is 5. The molecule has 2 saturated heterocycles. The molecule has 0 unspecified atom stereocenters. The largest absolute Gasteiger partial charge is 0.483 e. The number of hydrogen-bond donors (Lipinski definition) is 3. The average molecular weight is 472 g/mol. The summed E-state index contributed by atoms with van der Waals surface area (Å²) in [6.07, 6.45) is 0.723. The van der Waals surface area contributed by atoms with Gasteiger partial charge in [0.05, 0.1) is 12.1 Å². The van der Waals surface area contributed by atoms with E-state index in [1.165, 1.54) is 0 Å². The van der Waals surface area contributed by atoms with E-state index in [2.05, 4.69) is 29.8 Å². The van der Waals surface area contributed by atoms with Gasteiger partial charge < -0.3 is 20.7 Å². The van der Waals surface area contributed by atoms with E-state index in [1.54, 1.807) is 0 Å². The van der Waals surface area contributed by atoms with Crippen LogP contribution in [-0.2, 0) is 14.4 Å². The first-order valence-corrected chi connectivity index (χ1v) is 10.6. The molecule has 3 N–H and O–H groups in total. The highest BCUT2D eigenvalue weighted by Crippen LogP contribution is 2.62. The van der Waals surface area contributed by atoms with Crippen molar-refractivity contribution in [3.8, 4) is 5.75 Å². The summed E-state index contributed by atoms with van der Waals surface area (Å²) in [6.45, 7) is 5.03. The molecule has 3 aliphatic rings. The van der Waals surface area contributed by atoms with Gasteiger partial charge in [0, 0.05) is 18.5 Å². The van der Waals surface area contributed by atoms with Crippen LogP contribution in [-0.4, -0.2) is 49.4 Å². The lowest BCUT2D eigenvalue weighted by atomic mass is 9.95. The molecular formula is C22H28ClF2N3O4. The number of ether oxygens (including phenoxy) is 1. The molecule has 0 bridgehead atoms. The lowest BCUT2D eigenvalue weighted by Gasteiger charge is -2.24. The fraction of sp³-hybridized carbons (Fsp3) is 0.591. The minimum atomic E-state index is -0.937. The van der Waals surface area contributed by atoms with E-state index in [0.717, 1.165) is 18.7 Å². The SMILES string of the molecule is CC1(C)[C@@H]2[C@@H](C(=O)N[C@@H](C[C@@H]3CCNC3=O)C(=O)COc3ccc(F)cc3F)NC[C@@H]21.Cl. The standard InChI is InChI=1S/C22H27F2N3O4.ClH/c1-22(2)13-9-26-19(18(13)22)21(30)27-15(7-11-5-6-25-20(11)29)16(28)10-31-17-4-3-12(23)8-14(17)24;/h3-4,8,11,13,15,18-19,26H,5-7,9-10H2,1-2H3,(H,25,29)(H,27,30);1H/t11-,13-,15-,18-,19-;/m0./s1. The first kappa shape index (κ1) is 24.4. The highest BCUT2D eigenvalue weighted by Gasteiger charge is 2.65. The Balaban J connectivity index is 0.00000289. The molecule has 0 aromatic heterocycles. The van der Waals surface area contributed by atoms with Crippen molar-refractivity contribution in [3.05, 3.63) is 29.8 Å². The summed E-state index contributed by atoms with van der Waals surface area (Å²) >= 11 is 0. The van der Waals surface area contributed by atoms with Gasteiger partial charge in [-0.1, -0.05) is 13.8 Å². The van der Waals surface area contributed by atoms with Crippen LogP contribution in [0.3, 0.4) is 0 Å². The van der Waals surface area contributed by atoms with Crippen molar-refractivity contribution < 1.29 is 27.9 Å². The lowest BCUT2D eigenvalue weighted by molar-refractivity contribution is -0.131. The van der Waals surface area contributed by atoms with Crippen LogP contribution in [0.1, 0.15) is 26.7 Å². The summed E-state index contributed by atoms with van der Waals surface area (Å²) in [5.74, 6) is -2.56. The van der Waals surface area contributed by atoms with Gasteiger partial charge in [-0.3, -0.25) is 14.4 Å². The summed E-state index contributed by atoms with van der Waals surface area (Å²) in [5, 5.41) is 8.73. The van der Waals surface area contributed by atoms with Gasteiger partial charge in [0.2, 0.25) is 11.8 Å². The Morgan fingerprint density at radius 1 is 1.31 bits per heavy atom. The summed E-state index contributed by atoms with van der Waals surface area (Å²) in [5.41, 5.74) is 0.0846. The first-order chi connectivity index (χ1) is 14.7. The number of carbonyl (C=O) groups is 3. The van der Waals surface area contributed by atoms with Crippen molar-refractivity contribution in [1.29, 1.82) is 0 Å². The quantitative estimate of drug-likeness (QED) is 0.535. The zero-order chi connectivity index (χ0) is 22.3. The predicted octanol–water partition coefficient (Wildman–Crippen LogP) is 1.59. The predicted molar refractivity (Wildman–Crippen MR) is 114 cm³/mol. The van der Waals surface area contributed by atoms with Gasteiger partial charge in [-0.05, 0) is 48.8 Å². The number of Topliss-reactive ketones (excluding diaryl/α,β-unsaturated/α-hetero) is 1. The molecular weight excluding hydrogens is 444 g/mol. The number of nitrogens with one attached hydrogen (secondary N) is 3. The van der Waals surface area contributed by atoms with E-state index >= 15 is 0 Å². The van der Waals surface area contributed by atoms with Crippen LogP contribution in [0.15, 0.2) is 18.2 Å². The molecule has 3 fully saturated rings. The van der Waals surface area contributed by atoms with Crippen molar-refractivity contribution >= 4 is 30.0 Å². The van der Waals surface area contributed by atoms with Crippen molar-refractivity contribution in [1.82, 2.24) is 16.0 Å². The highest BCUT2D eigenvalue weighted by atomic mass is 35.5. The summed E-state index contributed by atoms with van der Waals surface area (Å²) in [7, 11) is 0. The first-order valence-electron chi connectivity index (χ1n) is 10.6. The van der Waals surface area contributed by atoms with E-state index in [0.29, 0.717) is 24.9 Å². The van der Waals surface area contributed by atoms with Gasteiger partial charge in [0.25, 0.3) is 0 Å². The third kappa shape index (κ3) is 4.73. The molecule has 0 spiro atoms. The van der Waals surface area contributed by atoms with Crippen molar-refractivity contribution in [2.24, 2.45) is 23.2 Å².